The second-order valence-electron chi connectivity index (χ2n) is 14.5. The summed E-state index contributed by atoms with van der Waals surface area (Å²) in [5.74, 6) is -0.545. The lowest BCUT2D eigenvalue weighted by Gasteiger charge is -2.18. The molecule has 0 saturated carbocycles. The molecule has 0 aromatic rings. The van der Waals surface area contributed by atoms with E-state index in [0.29, 0.717) is 25.9 Å². The molecular formula is C53H84O5. The van der Waals surface area contributed by atoms with Gasteiger partial charge in [0.05, 0.1) is 6.61 Å². The summed E-state index contributed by atoms with van der Waals surface area (Å²) in [7, 11) is 0. The van der Waals surface area contributed by atoms with E-state index in [2.05, 4.69) is 136 Å². The average molecular weight is 801 g/mol. The Kier molecular flexibility index (Phi) is 44.6. The molecule has 5 nitrogen and oxygen atoms in total. The number of carbonyl (C=O) groups excluding carboxylic acids is 2. The number of hydrogen-bond donors (Lipinski definition) is 0. The summed E-state index contributed by atoms with van der Waals surface area (Å²) >= 11 is 0. The zero-order valence-electron chi connectivity index (χ0n) is 37.3. The van der Waals surface area contributed by atoms with Crippen LogP contribution in [0.4, 0.5) is 0 Å². The van der Waals surface area contributed by atoms with Gasteiger partial charge in [-0.05, 0) is 109 Å². The minimum absolute atomic E-state index is 0.0218. The average Bonchev–Trinajstić information content (AvgIpc) is 3.22. The molecule has 0 aromatic carbocycles. The van der Waals surface area contributed by atoms with Crippen LogP contribution in [-0.2, 0) is 23.8 Å². The topological polar surface area (TPSA) is 61.8 Å². The Morgan fingerprint density at radius 1 is 0.379 bits per heavy atom. The third-order valence-corrected chi connectivity index (χ3v) is 8.99. The highest BCUT2D eigenvalue weighted by Gasteiger charge is 2.17. The second-order valence-corrected chi connectivity index (χ2v) is 14.5. The Balaban J connectivity index is 4.45. The molecule has 58 heavy (non-hydrogen) atoms. The Labute approximate surface area is 356 Å². The first-order chi connectivity index (χ1) is 28.6. The Morgan fingerprint density at radius 3 is 1.22 bits per heavy atom. The van der Waals surface area contributed by atoms with Crippen molar-refractivity contribution < 1.29 is 23.8 Å². The molecule has 0 amide bonds. The van der Waals surface area contributed by atoms with Crippen LogP contribution in [0.3, 0.4) is 0 Å². The van der Waals surface area contributed by atoms with Gasteiger partial charge in [-0.1, -0.05) is 174 Å². The summed E-state index contributed by atoms with van der Waals surface area (Å²) in [6.45, 7) is 7.32. The van der Waals surface area contributed by atoms with Gasteiger partial charge in [0.15, 0.2) is 6.10 Å². The van der Waals surface area contributed by atoms with Crippen LogP contribution in [0.2, 0.25) is 0 Å². The van der Waals surface area contributed by atoms with E-state index in [1.807, 2.05) is 6.08 Å². The number of unbranched alkanes of at least 4 members (excludes halogenated alkanes) is 9. The van der Waals surface area contributed by atoms with Gasteiger partial charge in [0.1, 0.15) is 6.61 Å². The van der Waals surface area contributed by atoms with Gasteiger partial charge in [-0.25, -0.2) is 0 Å². The molecule has 0 spiro atoms. The lowest BCUT2D eigenvalue weighted by molar-refractivity contribution is -0.162. The second kappa shape index (κ2) is 47.7. The number of carbonyl (C=O) groups is 2. The summed E-state index contributed by atoms with van der Waals surface area (Å²) in [4.78, 5) is 25.2. The van der Waals surface area contributed by atoms with E-state index in [1.54, 1.807) is 0 Å². The van der Waals surface area contributed by atoms with E-state index in [1.165, 1.54) is 25.7 Å². The van der Waals surface area contributed by atoms with Crippen molar-refractivity contribution in [3.05, 3.63) is 122 Å². The van der Waals surface area contributed by atoms with Gasteiger partial charge < -0.3 is 14.2 Å². The highest BCUT2D eigenvalue weighted by atomic mass is 16.6. The first kappa shape index (κ1) is 54.3. The fourth-order valence-electron chi connectivity index (χ4n) is 5.67. The van der Waals surface area contributed by atoms with E-state index in [4.69, 9.17) is 14.2 Å². The van der Waals surface area contributed by atoms with E-state index in [9.17, 15) is 9.59 Å². The molecule has 326 valence electrons. The predicted molar refractivity (Wildman–Crippen MR) is 251 cm³/mol. The van der Waals surface area contributed by atoms with Crippen LogP contribution in [0.25, 0.3) is 0 Å². The lowest BCUT2D eigenvalue weighted by Crippen LogP contribution is -2.30. The molecule has 0 radical (unpaired) electrons. The maximum Gasteiger partial charge on any atom is 0.306 e. The molecule has 1 atom stereocenters. The fraction of sp³-hybridized carbons (Fsp3) is 0.585. The third kappa shape index (κ3) is 45.0. The van der Waals surface area contributed by atoms with Crippen molar-refractivity contribution in [2.45, 2.75) is 181 Å². The van der Waals surface area contributed by atoms with Crippen LogP contribution in [-0.4, -0.2) is 37.9 Å². The number of esters is 2. The molecule has 5 heteroatoms. The molecule has 0 rings (SSSR count). The smallest absolute Gasteiger partial charge is 0.306 e. The Morgan fingerprint density at radius 2 is 0.759 bits per heavy atom. The molecule has 0 N–H and O–H groups in total. The van der Waals surface area contributed by atoms with Crippen molar-refractivity contribution in [2.24, 2.45) is 0 Å². The number of ether oxygens (including phenoxy) is 3. The maximum atomic E-state index is 12.7. The van der Waals surface area contributed by atoms with Crippen molar-refractivity contribution in [3.63, 3.8) is 0 Å². The highest BCUT2D eigenvalue weighted by molar-refractivity contribution is 5.70. The Hall–Kier alpha value is -3.70. The van der Waals surface area contributed by atoms with Gasteiger partial charge >= 0.3 is 11.9 Å². The molecule has 0 aromatic heterocycles. The van der Waals surface area contributed by atoms with Gasteiger partial charge in [-0.3, -0.25) is 9.59 Å². The molecule has 1 unspecified atom stereocenters. The lowest BCUT2D eigenvalue weighted by atomic mass is 10.1. The van der Waals surface area contributed by atoms with Crippen LogP contribution in [0.1, 0.15) is 175 Å². The van der Waals surface area contributed by atoms with Crippen molar-refractivity contribution in [3.8, 4) is 0 Å². The maximum absolute atomic E-state index is 12.7. The molecule has 0 heterocycles. The van der Waals surface area contributed by atoms with Crippen LogP contribution in [0.5, 0.6) is 0 Å². The van der Waals surface area contributed by atoms with Gasteiger partial charge in [0.25, 0.3) is 0 Å². The molecule has 0 saturated heterocycles. The van der Waals surface area contributed by atoms with Crippen LogP contribution in [0, 0.1) is 0 Å². The fourth-order valence-corrected chi connectivity index (χ4v) is 5.67. The van der Waals surface area contributed by atoms with Crippen LogP contribution < -0.4 is 0 Å². The van der Waals surface area contributed by atoms with E-state index >= 15 is 0 Å². The summed E-state index contributed by atoms with van der Waals surface area (Å²) in [5, 5.41) is 0. The third-order valence-electron chi connectivity index (χ3n) is 8.99. The summed E-state index contributed by atoms with van der Waals surface area (Å²) < 4.78 is 17.2. The highest BCUT2D eigenvalue weighted by Crippen LogP contribution is 2.11. The van der Waals surface area contributed by atoms with Gasteiger partial charge in [0.2, 0.25) is 0 Å². The van der Waals surface area contributed by atoms with Crippen molar-refractivity contribution in [1.82, 2.24) is 0 Å². The molecule has 0 fully saturated rings. The van der Waals surface area contributed by atoms with Crippen molar-refractivity contribution in [2.75, 3.05) is 19.8 Å². The van der Waals surface area contributed by atoms with Crippen LogP contribution in [0.15, 0.2) is 122 Å². The predicted octanol–water partition coefficient (Wildman–Crippen LogP) is 15.4. The van der Waals surface area contributed by atoms with Gasteiger partial charge in [-0.15, -0.1) is 0 Å². The van der Waals surface area contributed by atoms with Crippen LogP contribution >= 0.6 is 0 Å². The normalized spacial score (nSPS) is 13.4. The molecule has 0 aliphatic carbocycles. The zero-order valence-corrected chi connectivity index (χ0v) is 37.3. The summed E-state index contributed by atoms with van der Waals surface area (Å²) in [5.41, 5.74) is 0. The summed E-state index contributed by atoms with van der Waals surface area (Å²) in [6.07, 6.45) is 66.4. The number of rotatable bonds is 40. The molecule has 0 aliphatic rings. The van der Waals surface area contributed by atoms with Gasteiger partial charge in [0, 0.05) is 19.4 Å². The minimum atomic E-state index is -0.594. The van der Waals surface area contributed by atoms with E-state index < -0.39 is 6.10 Å². The zero-order chi connectivity index (χ0) is 42.1. The molecular weight excluding hydrogens is 717 g/mol. The van der Waals surface area contributed by atoms with Crippen molar-refractivity contribution >= 4 is 11.9 Å². The number of hydrogen-bond acceptors (Lipinski definition) is 5. The van der Waals surface area contributed by atoms with E-state index in [-0.39, 0.29) is 25.2 Å². The SMILES string of the molecule is CC/C=C\C/C=C\C/C=C\C/C=C\CCC(=O)OCC(COCCCCCCCC/C=C\C/C=C\C/C=C\CC)OC(=O)CCCCC/C=C\C/C=C\C/C=C\CC. The molecule has 0 bridgehead atoms. The summed E-state index contributed by atoms with van der Waals surface area (Å²) in [6, 6.07) is 0. The van der Waals surface area contributed by atoms with Crippen molar-refractivity contribution in [1.29, 1.82) is 0 Å². The first-order valence-corrected chi connectivity index (χ1v) is 23.1. The number of allylic oxidation sites excluding steroid dienone is 20. The first-order valence-electron chi connectivity index (χ1n) is 23.1. The monoisotopic (exact) mass is 801 g/mol. The van der Waals surface area contributed by atoms with Gasteiger partial charge in [-0.2, -0.15) is 0 Å². The molecule has 0 aliphatic heterocycles. The van der Waals surface area contributed by atoms with E-state index in [0.717, 1.165) is 109 Å². The largest absolute Gasteiger partial charge is 0.462 e. The quantitative estimate of drug-likeness (QED) is 0.0351. The minimum Gasteiger partial charge on any atom is -0.462 e. The standard InChI is InChI=1S/C53H84O5/c1-4-7-10-13-16-19-22-25-26-27-30-33-36-39-42-45-48-56-49-51(58-53(55)47-44-41-38-35-32-29-24-21-18-15-12-9-6-3)50-57-52(54)46-43-40-37-34-31-28-23-20-17-14-11-8-5-2/h7-12,16-21,25-26,28-29,31-32,37,40,51H,4-6,13-15,22-24,27,30,33-36,38-39,41-50H2,1-3H3/b10-7-,11-8-,12-9-,19-16-,20-17-,21-18-,26-25-,31-28-,32-29-,40-37-. The Bertz CT molecular complexity index is 1220.